The lowest BCUT2D eigenvalue weighted by atomic mass is 10.0. The number of nitrogens with zero attached hydrogens (tertiary/aromatic N) is 2. The van der Waals surface area contributed by atoms with Crippen LogP contribution < -0.4 is 5.32 Å². The van der Waals surface area contributed by atoms with E-state index in [0.717, 1.165) is 5.69 Å². The minimum Gasteiger partial charge on any atom is -0.467 e. The summed E-state index contributed by atoms with van der Waals surface area (Å²) in [5.41, 5.74) is 0.898. The highest BCUT2D eigenvalue weighted by molar-refractivity contribution is 5.94. The third kappa shape index (κ3) is 3.51. The van der Waals surface area contributed by atoms with E-state index in [2.05, 4.69) is 20.0 Å². The third-order valence-electron chi connectivity index (χ3n) is 2.42. The summed E-state index contributed by atoms with van der Waals surface area (Å²) in [6.45, 7) is 5.42. The van der Waals surface area contributed by atoms with Gasteiger partial charge in [0.1, 0.15) is 11.7 Å². The highest BCUT2D eigenvalue weighted by Gasteiger charge is 2.25. The van der Waals surface area contributed by atoms with E-state index in [9.17, 15) is 9.59 Å². The lowest BCUT2D eigenvalue weighted by Crippen LogP contribution is -2.45. The van der Waals surface area contributed by atoms with Crippen molar-refractivity contribution in [3.05, 3.63) is 23.8 Å². The molecule has 0 saturated carbocycles. The maximum atomic E-state index is 11.9. The Bertz CT molecular complexity index is 429. The quantitative estimate of drug-likeness (QED) is 0.797. The maximum Gasteiger partial charge on any atom is 0.328 e. The van der Waals surface area contributed by atoms with Crippen molar-refractivity contribution in [1.29, 1.82) is 0 Å². The molecule has 1 N–H and O–H groups in total. The number of methoxy groups -OCH3 is 1. The Hall–Kier alpha value is -1.98. The van der Waals surface area contributed by atoms with Gasteiger partial charge in [0.2, 0.25) is 0 Å². The van der Waals surface area contributed by atoms with Gasteiger partial charge in [0.25, 0.3) is 5.91 Å². The molecule has 1 rings (SSSR count). The number of esters is 1. The van der Waals surface area contributed by atoms with Crippen molar-refractivity contribution >= 4 is 11.9 Å². The van der Waals surface area contributed by atoms with Crippen molar-refractivity contribution in [2.24, 2.45) is 5.92 Å². The molecule has 6 heteroatoms. The molecule has 0 aliphatic heterocycles. The number of aromatic nitrogens is 2. The summed E-state index contributed by atoms with van der Waals surface area (Å²) in [5.74, 6) is -0.982. The second-order valence-corrected chi connectivity index (χ2v) is 4.26. The lowest BCUT2D eigenvalue weighted by molar-refractivity contribution is -0.144. The fraction of sp³-hybridized carbons (Fsp3) is 0.500. The molecule has 98 valence electrons. The van der Waals surface area contributed by atoms with Gasteiger partial charge in [-0.15, -0.1) is 0 Å². The molecule has 18 heavy (non-hydrogen) atoms. The van der Waals surface area contributed by atoms with Crippen molar-refractivity contribution in [2.45, 2.75) is 26.8 Å². The van der Waals surface area contributed by atoms with Crippen molar-refractivity contribution in [1.82, 2.24) is 15.3 Å². The predicted molar refractivity (Wildman–Crippen MR) is 64.9 cm³/mol. The van der Waals surface area contributed by atoms with E-state index in [1.165, 1.54) is 19.5 Å². The third-order valence-corrected chi connectivity index (χ3v) is 2.42. The number of amides is 1. The Morgan fingerprint density at radius 1 is 1.28 bits per heavy atom. The fourth-order valence-corrected chi connectivity index (χ4v) is 1.35. The summed E-state index contributed by atoms with van der Waals surface area (Å²) in [6.07, 6.45) is 2.87. The van der Waals surface area contributed by atoms with E-state index < -0.39 is 17.9 Å². The van der Waals surface area contributed by atoms with Crippen LogP contribution in [-0.2, 0) is 9.53 Å². The maximum absolute atomic E-state index is 11.9. The Kier molecular flexibility index (Phi) is 4.76. The zero-order valence-corrected chi connectivity index (χ0v) is 10.9. The van der Waals surface area contributed by atoms with Gasteiger partial charge in [0.05, 0.1) is 19.0 Å². The molecule has 0 aliphatic rings. The van der Waals surface area contributed by atoms with Gasteiger partial charge in [-0.05, 0) is 12.8 Å². The molecule has 1 atom stereocenters. The zero-order chi connectivity index (χ0) is 13.7. The number of hydrogen-bond acceptors (Lipinski definition) is 5. The van der Waals surface area contributed by atoms with E-state index in [4.69, 9.17) is 0 Å². The summed E-state index contributed by atoms with van der Waals surface area (Å²) >= 11 is 0. The van der Waals surface area contributed by atoms with Crippen molar-refractivity contribution < 1.29 is 14.3 Å². The molecule has 1 amide bonds. The first-order valence-corrected chi connectivity index (χ1v) is 5.63. The monoisotopic (exact) mass is 251 g/mol. The standard InChI is InChI=1S/C12H17N3O3/c1-7(2)10(12(17)18-4)15-11(16)9-6-13-8(3)5-14-9/h5-7,10H,1-4H3,(H,15,16). The Labute approximate surface area is 106 Å². The van der Waals surface area contributed by atoms with Gasteiger partial charge in [0.15, 0.2) is 0 Å². The average molecular weight is 251 g/mol. The van der Waals surface area contributed by atoms with Crippen LogP contribution in [0.3, 0.4) is 0 Å². The molecule has 1 heterocycles. The highest BCUT2D eigenvalue weighted by Crippen LogP contribution is 2.05. The topological polar surface area (TPSA) is 81.2 Å². The fourth-order valence-electron chi connectivity index (χ4n) is 1.35. The van der Waals surface area contributed by atoms with Crippen LogP contribution >= 0.6 is 0 Å². The first-order chi connectivity index (χ1) is 8.45. The van der Waals surface area contributed by atoms with Crippen LogP contribution in [0.4, 0.5) is 0 Å². The average Bonchev–Trinajstić information content (AvgIpc) is 2.35. The number of carbonyl (C=O) groups is 2. The molecule has 1 aromatic heterocycles. The smallest absolute Gasteiger partial charge is 0.328 e. The first kappa shape index (κ1) is 14.1. The van der Waals surface area contributed by atoms with Crippen LogP contribution in [0, 0.1) is 12.8 Å². The van der Waals surface area contributed by atoms with Crippen molar-refractivity contribution in [3.8, 4) is 0 Å². The number of aryl methyl sites for hydroxylation is 1. The van der Waals surface area contributed by atoms with E-state index in [1.807, 2.05) is 13.8 Å². The summed E-state index contributed by atoms with van der Waals surface area (Å²) in [7, 11) is 1.29. The van der Waals surface area contributed by atoms with Crippen LogP contribution in [0.5, 0.6) is 0 Å². The molecule has 1 aromatic rings. The molecule has 0 aliphatic carbocycles. The second-order valence-electron chi connectivity index (χ2n) is 4.26. The molecule has 0 fully saturated rings. The van der Waals surface area contributed by atoms with Crippen molar-refractivity contribution in [3.63, 3.8) is 0 Å². The molecule has 6 nitrogen and oxygen atoms in total. The summed E-state index contributed by atoms with van der Waals surface area (Å²) in [6, 6.07) is -0.689. The minimum atomic E-state index is -0.689. The highest BCUT2D eigenvalue weighted by atomic mass is 16.5. The normalized spacial score (nSPS) is 12.1. The molecular weight excluding hydrogens is 234 g/mol. The molecule has 0 radical (unpaired) electrons. The molecule has 0 bridgehead atoms. The summed E-state index contributed by atoms with van der Waals surface area (Å²) in [5, 5.41) is 2.59. The Balaban J connectivity index is 2.78. The molecular formula is C12H17N3O3. The molecule has 1 unspecified atom stereocenters. The Morgan fingerprint density at radius 3 is 2.39 bits per heavy atom. The number of carbonyl (C=O) groups excluding carboxylic acids is 2. The minimum absolute atomic E-state index is 0.0696. The number of rotatable bonds is 4. The first-order valence-electron chi connectivity index (χ1n) is 5.63. The Morgan fingerprint density at radius 2 is 1.94 bits per heavy atom. The molecule has 0 spiro atoms. The van der Waals surface area contributed by atoms with Gasteiger partial charge in [-0.1, -0.05) is 13.8 Å². The van der Waals surface area contributed by atoms with Crippen LogP contribution in [0.15, 0.2) is 12.4 Å². The number of nitrogens with one attached hydrogen (secondary N) is 1. The van der Waals surface area contributed by atoms with E-state index >= 15 is 0 Å². The largest absolute Gasteiger partial charge is 0.467 e. The van der Waals surface area contributed by atoms with Gasteiger partial charge in [-0.3, -0.25) is 9.78 Å². The summed E-state index contributed by atoms with van der Waals surface area (Å²) < 4.78 is 4.64. The van der Waals surface area contributed by atoms with E-state index in [-0.39, 0.29) is 11.6 Å². The number of hydrogen-bond donors (Lipinski definition) is 1. The van der Waals surface area contributed by atoms with E-state index in [0.29, 0.717) is 0 Å². The second kappa shape index (κ2) is 6.09. The van der Waals surface area contributed by atoms with Crippen LogP contribution in [0.1, 0.15) is 30.0 Å². The predicted octanol–water partition coefficient (Wildman–Crippen LogP) is 0.712. The number of ether oxygens (including phenoxy) is 1. The SMILES string of the molecule is COC(=O)C(NC(=O)c1cnc(C)cn1)C(C)C. The van der Waals surface area contributed by atoms with Crippen molar-refractivity contribution in [2.75, 3.05) is 7.11 Å². The molecule has 0 aromatic carbocycles. The van der Waals surface area contributed by atoms with Crippen LogP contribution in [0.25, 0.3) is 0 Å². The van der Waals surface area contributed by atoms with Crippen LogP contribution in [-0.4, -0.2) is 35.0 Å². The molecule has 0 saturated heterocycles. The van der Waals surface area contributed by atoms with Gasteiger partial charge in [-0.25, -0.2) is 9.78 Å². The van der Waals surface area contributed by atoms with Gasteiger partial charge < -0.3 is 10.1 Å². The summed E-state index contributed by atoms with van der Waals surface area (Å²) in [4.78, 5) is 31.3. The lowest BCUT2D eigenvalue weighted by Gasteiger charge is -2.19. The van der Waals surface area contributed by atoms with Gasteiger partial charge in [-0.2, -0.15) is 0 Å². The van der Waals surface area contributed by atoms with Crippen LogP contribution in [0.2, 0.25) is 0 Å². The van der Waals surface area contributed by atoms with Gasteiger partial charge in [0, 0.05) is 6.20 Å². The van der Waals surface area contributed by atoms with E-state index in [1.54, 1.807) is 6.92 Å². The van der Waals surface area contributed by atoms with Gasteiger partial charge >= 0.3 is 5.97 Å². The zero-order valence-electron chi connectivity index (χ0n) is 10.9.